The Labute approximate surface area is 191 Å². The van der Waals surface area contributed by atoms with Crippen LogP contribution in [0.25, 0.3) is 10.8 Å². The first-order chi connectivity index (χ1) is 15.0. The van der Waals surface area contributed by atoms with E-state index in [-0.39, 0.29) is 18.4 Å². The van der Waals surface area contributed by atoms with Crippen molar-refractivity contribution in [3.05, 3.63) is 76.8 Å². The molecule has 5 nitrogen and oxygen atoms in total. The van der Waals surface area contributed by atoms with E-state index in [1.165, 1.54) is 0 Å². The highest BCUT2D eigenvalue weighted by Gasteiger charge is 2.26. The molecule has 6 heteroatoms. The van der Waals surface area contributed by atoms with Gasteiger partial charge in [0, 0.05) is 13.1 Å². The van der Waals surface area contributed by atoms with Crippen LogP contribution >= 0.6 is 15.9 Å². The molecule has 0 aromatic heterocycles. The molecule has 1 N–H and O–H groups in total. The Kier molecular flexibility index (Phi) is 8.06. The predicted molar refractivity (Wildman–Crippen MR) is 127 cm³/mol. The van der Waals surface area contributed by atoms with Gasteiger partial charge in [-0.25, -0.2) is 0 Å². The van der Waals surface area contributed by atoms with Gasteiger partial charge in [0.15, 0.2) is 6.61 Å². The molecule has 0 aliphatic heterocycles. The number of hydrogen-bond donors (Lipinski definition) is 1. The van der Waals surface area contributed by atoms with Crippen LogP contribution in [0.1, 0.15) is 25.8 Å². The minimum absolute atomic E-state index is 0.158. The Bertz CT molecular complexity index is 1040. The van der Waals surface area contributed by atoms with Crippen molar-refractivity contribution in [2.75, 3.05) is 13.2 Å². The first-order valence-electron chi connectivity index (χ1n) is 10.4. The molecule has 0 aliphatic carbocycles. The number of hydrogen-bond acceptors (Lipinski definition) is 3. The normalized spacial score (nSPS) is 11.7. The van der Waals surface area contributed by atoms with Gasteiger partial charge in [0.1, 0.15) is 11.8 Å². The molecule has 0 bridgehead atoms. The van der Waals surface area contributed by atoms with Crippen molar-refractivity contribution in [3.63, 3.8) is 0 Å². The topological polar surface area (TPSA) is 58.6 Å². The molecule has 2 amide bonds. The van der Waals surface area contributed by atoms with Crippen molar-refractivity contribution < 1.29 is 14.3 Å². The molecular formula is C25H27BrN2O3. The van der Waals surface area contributed by atoms with Crippen molar-refractivity contribution in [2.24, 2.45) is 0 Å². The second-order valence-corrected chi connectivity index (χ2v) is 8.15. The summed E-state index contributed by atoms with van der Waals surface area (Å²) in [6.45, 7) is 4.50. The van der Waals surface area contributed by atoms with Gasteiger partial charge in [0.25, 0.3) is 5.91 Å². The molecule has 0 heterocycles. The number of amides is 2. The second kappa shape index (κ2) is 11.0. The Morgan fingerprint density at radius 2 is 1.74 bits per heavy atom. The van der Waals surface area contributed by atoms with Gasteiger partial charge in [-0.05, 0) is 51.7 Å². The number of fused-ring (bicyclic) bond motifs is 1. The molecule has 3 aromatic rings. The van der Waals surface area contributed by atoms with E-state index in [0.29, 0.717) is 18.8 Å². The molecule has 31 heavy (non-hydrogen) atoms. The molecule has 1 atom stereocenters. The molecule has 0 aliphatic rings. The van der Waals surface area contributed by atoms with E-state index in [0.717, 1.165) is 27.2 Å². The summed E-state index contributed by atoms with van der Waals surface area (Å²) in [5, 5.41) is 4.97. The number of ether oxygens (including phenoxy) is 1. The van der Waals surface area contributed by atoms with Crippen LogP contribution in [0.4, 0.5) is 0 Å². The van der Waals surface area contributed by atoms with Crippen LogP contribution < -0.4 is 10.1 Å². The van der Waals surface area contributed by atoms with Gasteiger partial charge in [-0.1, -0.05) is 67.6 Å². The average Bonchev–Trinajstić information content (AvgIpc) is 2.80. The highest BCUT2D eigenvalue weighted by atomic mass is 79.9. The molecule has 0 saturated carbocycles. The summed E-state index contributed by atoms with van der Waals surface area (Å²) in [6, 6.07) is 20.8. The maximum absolute atomic E-state index is 13.1. The van der Waals surface area contributed by atoms with E-state index in [1.807, 2.05) is 73.7 Å². The molecule has 0 unspecified atom stereocenters. The minimum Gasteiger partial charge on any atom is -0.483 e. The molecule has 3 aromatic carbocycles. The summed E-state index contributed by atoms with van der Waals surface area (Å²) in [7, 11) is 0. The molecule has 0 radical (unpaired) electrons. The Morgan fingerprint density at radius 1 is 1.03 bits per heavy atom. The van der Waals surface area contributed by atoms with E-state index >= 15 is 0 Å². The zero-order valence-corrected chi connectivity index (χ0v) is 19.4. The smallest absolute Gasteiger partial charge is 0.261 e. The molecular weight excluding hydrogens is 456 g/mol. The fraction of sp³-hybridized carbons (Fsp3) is 0.280. The van der Waals surface area contributed by atoms with E-state index in [1.54, 1.807) is 11.8 Å². The maximum atomic E-state index is 13.1. The van der Waals surface area contributed by atoms with Crippen molar-refractivity contribution in [3.8, 4) is 5.75 Å². The highest BCUT2D eigenvalue weighted by molar-refractivity contribution is 9.10. The lowest BCUT2D eigenvalue weighted by Gasteiger charge is -2.28. The van der Waals surface area contributed by atoms with Crippen LogP contribution in [-0.4, -0.2) is 35.9 Å². The first kappa shape index (κ1) is 22.8. The van der Waals surface area contributed by atoms with Gasteiger partial charge in [0.2, 0.25) is 5.91 Å². The highest BCUT2D eigenvalue weighted by Crippen LogP contribution is 2.33. The number of nitrogens with zero attached hydrogens (tertiary/aromatic N) is 1. The summed E-state index contributed by atoms with van der Waals surface area (Å²) < 4.78 is 6.67. The van der Waals surface area contributed by atoms with Crippen LogP contribution in [0.5, 0.6) is 5.75 Å². The average molecular weight is 483 g/mol. The van der Waals surface area contributed by atoms with Crippen molar-refractivity contribution in [1.29, 1.82) is 0 Å². The fourth-order valence-electron chi connectivity index (χ4n) is 3.31. The lowest BCUT2D eigenvalue weighted by Crippen LogP contribution is -2.49. The Morgan fingerprint density at radius 3 is 2.48 bits per heavy atom. The van der Waals surface area contributed by atoms with Crippen molar-refractivity contribution >= 4 is 38.5 Å². The van der Waals surface area contributed by atoms with Crippen molar-refractivity contribution in [1.82, 2.24) is 10.2 Å². The summed E-state index contributed by atoms with van der Waals surface area (Å²) in [5.74, 6) is 0.177. The van der Waals surface area contributed by atoms with Gasteiger partial charge >= 0.3 is 0 Å². The molecule has 0 fully saturated rings. The second-order valence-electron chi connectivity index (χ2n) is 7.36. The van der Waals surface area contributed by atoms with Gasteiger partial charge < -0.3 is 15.0 Å². The quantitative estimate of drug-likeness (QED) is 0.470. The van der Waals surface area contributed by atoms with Gasteiger partial charge in [-0.15, -0.1) is 0 Å². The minimum atomic E-state index is -0.608. The summed E-state index contributed by atoms with van der Waals surface area (Å²) in [6.07, 6.45) is 0.837. The summed E-state index contributed by atoms with van der Waals surface area (Å²) in [5.41, 5.74) is 0.956. The predicted octanol–water partition coefficient (Wildman–Crippen LogP) is 4.92. The third-order valence-corrected chi connectivity index (χ3v) is 5.91. The molecule has 162 valence electrons. The number of halogens is 1. The Hall–Kier alpha value is -2.86. The summed E-state index contributed by atoms with van der Waals surface area (Å²) in [4.78, 5) is 27.2. The zero-order chi connectivity index (χ0) is 22.2. The number of carbonyl (C=O) groups excluding carboxylic acids is 2. The molecule has 0 saturated heterocycles. The largest absolute Gasteiger partial charge is 0.483 e. The van der Waals surface area contributed by atoms with Crippen molar-refractivity contribution in [2.45, 2.75) is 32.9 Å². The number of rotatable bonds is 9. The SMILES string of the molecule is CCCNC(=O)[C@@H](C)N(Cc1ccccc1)C(=O)COc1ccc2ccccc2c1Br. The van der Waals surface area contributed by atoms with E-state index in [9.17, 15) is 9.59 Å². The van der Waals surface area contributed by atoms with Crippen LogP contribution in [0.15, 0.2) is 71.2 Å². The maximum Gasteiger partial charge on any atom is 0.261 e. The number of benzene rings is 3. The lowest BCUT2D eigenvalue weighted by atomic mass is 10.1. The van der Waals surface area contributed by atoms with Crippen LogP contribution in [0, 0.1) is 0 Å². The molecule has 3 rings (SSSR count). The molecule has 0 spiro atoms. The van der Waals surface area contributed by atoms with Gasteiger partial charge in [-0.2, -0.15) is 0 Å². The van der Waals surface area contributed by atoms with Crippen LogP contribution in [-0.2, 0) is 16.1 Å². The van der Waals surface area contributed by atoms with E-state index < -0.39 is 6.04 Å². The number of carbonyl (C=O) groups is 2. The lowest BCUT2D eigenvalue weighted by molar-refractivity contribution is -0.142. The van der Waals surface area contributed by atoms with E-state index in [4.69, 9.17) is 4.74 Å². The van der Waals surface area contributed by atoms with E-state index in [2.05, 4.69) is 21.2 Å². The van der Waals surface area contributed by atoms with Crippen LogP contribution in [0.3, 0.4) is 0 Å². The van der Waals surface area contributed by atoms with Crippen LogP contribution in [0.2, 0.25) is 0 Å². The fourth-order valence-corrected chi connectivity index (χ4v) is 3.91. The Balaban J connectivity index is 1.76. The monoisotopic (exact) mass is 482 g/mol. The third kappa shape index (κ3) is 5.85. The summed E-state index contributed by atoms with van der Waals surface area (Å²) >= 11 is 3.59. The van der Waals surface area contributed by atoms with Gasteiger partial charge in [-0.3, -0.25) is 9.59 Å². The first-order valence-corrected chi connectivity index (χ1v) is 11.2. The van der Waals surface area contributed by atoms with Gasteiger partial charge in [0.05, 0.1) is 4.47 Å². The number of nitrogens with one attached hydrogen (secondary N) is 1. The standard InChI is InChI=1S/C25H27BrN2O3/c1-3-15-27-25(30)18(2)28(16-19-9-5-4-6-10-19)23(29)17-31-22-14-13-20-11-7-8-12-21(20)24(22)26/h4-14,18H,3,15-17H2,1-2H3,(H,27,30)/t18-/m1/s1. The third-order valence-electron chi connectivity index (χ3n) is 5.09. The zero-order valence-electron chi connectivity index (χ0n) is 17.8.